The van der Waals surface area contributed by atoms with Crippen LogP contribution in [0.25, 0.3) is 0 Å². The molecule has 82 heavy (non-hydrogen) atoms. The Bertz CT molecular complexity index is 1640. The molecule has 0 aliphatic carbocycles. The molecule has 19 heteroatoms. The molecule has 0 rings (SSSR count). The van der Waals surface area contributed by atoms with E-state index in [1.807, 2.05) is 0 Å². The minimum absolute atomic E-state index is 0.101. The minimum Gasteiger partial charge on any atom is -0.462 e. The molecule has 3 unspecified atom stereocenters. The number of phosphoric ester groups is 2. The highest BCUT2D eigenvalue weighted by Gasteiger charge is 2.30. The Morgan fingerprint density at radius 2 is 0.512 bits per heavy atom. The molecular weight excluding hydrogens is 1090 g/mol. The number of rotatable bonds is 60. The molecule has 0 saturated heterocycles. The van der Waals surface area contributed by atoms with Crippen LogP contribution in [-0.2, 0) is 65.4 Å². The van der Waals surface area contributed by atoms with Crippen molar-refractivity contribution < 1.29 is 80.2 Å². The first-order valence-electron chi connectivity index (χ1n) is 32.7. The van der Waals surface area contributed by atoms with Crippen molar-refractivity contribution in [3.63, 3.8) is 0 Å². The minimum atomic E-state index is -4.94. The van der Waals surface area contributed by atoms with Gasteiger partial charge in [0, 0.05) is 25.7 Å². The highest BCUT2D eigenvalue weighted by atomic mass is 31.2. The molecular formula is C63H122O17P2. The summed E-state index contributed by atoms with van der Waals surface area (Å²) in [5.41, 5.74) is 0. The summed E-state index contributed by atoms with van der Waals surface area (Å²) in [6, 6.07) is 0. The smallest absolute Gasteiger partial charge is 0.462 e. The van der Waals surface area contributed by atoms with Crippen molar-refractivity contribution in [3.05, 3.63) is 0 Å². The monoisotopic (exact) mass is 1210 g/mol. The van der Waals surface area contributed by atoms with Crippen LogP contribution in [0.4, 0.5) is 0 Å². The Labute approximate surface area is 498 Å². The van der Waals surface area contributed by atoms with Gasteiger partial charge in [-0.2, -0.15) is 0 Å². The zero-order valence-corrected chi connectivity index (χ0v) is 54.9. The van der Waals surface area contributed by atoms with Crippen LogP contribution in [-0.4, -0.2) is 96.7 Å². The summed E-state index contributed by atoms with van der Waals surface area (Å²) in [5.74, 6) is 0.691. The third-order valence-corrected chi connectivity index (χ3v) is 16.2. The van der Waals surface area contributed by atoms with Gasteiger partial charge < -0.3 is 33.8 Å². The topological polar surface area (TPSA) is 237 Å². The molecule has 0 amide bonds. The first kappa shape index (κ1) is 80.1. The Balaban J connectivity index is 5.24. The van der Waals surface area contributed by atoms with Gasteiger partial charge in [-0.1, -0.05) is 248 Å². The van der Waals surface area contributed by atoms with Crippen LogP contribution in [0.5, 0.6) is 0 Å². The summed E-state index contributed by atoms with van der Waals surface area (Å²) in [4.78, 5) is 72.1. The Morgan fingerprint density at radius 3 is 0.756 bits per heavy atom. The van der Waals surface area contributed by atoms with Gasteiger partial charge in [0.15, 0.2) is 12.2 Å². The molecule has 0 aliphatic rings. The molecule has 0 bridgehead atoms. The van der Waals surface area contributed by atoms with Gasteiger partial charge in [0.2, 0.25) is 0 Å². The van der Waals surface area contributed by atoms with Gasteiger partial charge in [-0.3, -0.25) is 37.3 Å². The number of carbonyl (C=O) groups excluding carboxylic acids is 4. The van der Waals surface area contributed by atoms with Crippen molar-refractivity contribution in [2.24, 2.45) is 23.7 Å². The van der Waals surface area contributed by atoms with Gasteiger partial charge in [-0.15, -0.1) is 0 Å². The van der Waals surface area contributed by atoms with Crippen molar-refractivity contribution in [1.29, 1.82) is 0 Å². The van der Waals surface area contributed by atoms with E-state index in [1.165, 1.54) is 96.3 Å². The third kappa shape index (κ3) is 57.2. The van der Waals surface area contributed by atoms with Crippen molar-refractivity contribution in [3.8, 4) is 0 Å². The fraction of sp³-hybridized carbons (Fsp3) is 0.937. The molecule has 5 atom stereocenters. The third-order valence-electron chi connectivity index (χ3n) is 14.3. The second kappa shape index (κ2) is 53.3. The SMILES string of the molecule is CC(C)CCCCCCCCCCCC(=O)OC[C@H](COP(=O)(O)OCC(O)COP(=O)(O)OC[C@@H](COC(=O)CCCCCCCCCC(C)C)OC(=O)CCCCCCCCCCC(C)C)OC(=O)CCCCCCCCC(C)C. The van der Waals surface area contributed by atoms with Crippen LogP contribution in [0.15, 0.2) is 0 Å². The van der Waals surface area contributed by atoms with Crippen LogP contribution < -0.4 is 0 Å². The summed E-state index contributed by atoms with van der Waals surface area (Å²) in [5, 5.41) is 10.5. The van der Waals surface area contributed by atoms with E-state index >= 15 is 0 Å². The molecule has 486 valence electrons. The van der Waals surface area contributed by atoms with E-state index in [1.54, 1.807) is 0 Å². The lowest BCUT2D eigenvalue weighted by atomic mass is 10.0. The van der Waals surface area contributed by atoms with Crippen molar-refractivity contribution in [2.45, 2.75) is 318 Å². The second-order valence-electron chi connectivity index (χ2n) is 24.7. The first-order valence-corrected chi connectivity index (χ1v) is 35.7. The molecule has 0 aromatic rings. The molecule has 0 aromatic carbocycles. The van der Waals surface area contributed by atoms with E-state index in [0.29, 0.717) is 37.5 Å². The fourth-order valence-electron chi connectivity index (χ4n) is 9.25. The highest BCUT2D eigenvalue weighted by molar-refractivity contribution is 7.47. The second-order valence-corrected chi connectivity index (χ2v) is 27.6. The normalized spacial score (nSPS) is 14.5. The van der Waals surface area contributed by atoms with Gasteiger partial charge in [-0.05, 0) is 49.4 Å². The van der Waals surface area contributed by atoms with E-state index in [0.717, 1.165) is 108 Å². The molecule has 0 fully saturated rings. The fourth-order valence-corrected chi connectivity index (χ4v) is 10.8. The summed E-state index contributed by atoms with van der Waals surface area (Å²) in [6.07, 6.45) is 32.4. The first-order chi connectivity index (χ1) is 39.1. The van der Waals surface area contributed by atoms with Gasteiger partial charge in [0.1, 0.15) is 19.3 Å². The molecule has 0 spiro atoms. The maximum atomic E-state index is 12.9. The summed E-state index contributed by atoms with van der Waals surface area (Å²) in [6.45, 7) is 13.9. The van der Waals surface area contributed by atoms with Crippen LogP contribution in [0.2, 0.25) is 0 Å². The number of aliphatic hydroxyl groups excluding tert-OH is 1. The quantitative estimate of drug-likeness (QED) is 0.0222. The van der Waals surface area contributed by atoms with Crippen molar-refractivity contribution in [1.82, 2.24) is 0 Å². The number of unbranched alkanes of at least 4 members (excludes halogenated alkanes) is 26. The average Bonchev–Trinajstić information content (AvgIpc) is 3.41. The lowest BCUT2D eigenvalue weighted by molar-refractivity contribution is -0.161. The molecule has 0 heterocycles. The standard InChI is InChI=1S/C63H122O17P2/c1-53(2)39-31-23-15-10-9-11-18-27-35-43-60(65)73-50-59(80-63(68)46-38-30-22-21-26-34-42-56(7)8)52-78-82(71,72)76-48-57(64)47-75-81(69,70)77-51-58(49-74-61(66)44-36-28-20-14-17-25-33-41-55(5)6)79-62(67)45-37-29-19-13-12-16-24-32-40-54(3)4/h53-59,64H,9-52H2,1-8H3,(H,69,70)(H,71,72)/t57?,58-,59-/m1/s1. The maximum absolute atomic E-state index is 12.9. The predicted octanol–water partition coefficient (Wildman–Crippen LogP) is 17.0. The maximum Gasteiger partial charge on any atom is 0.472 e. The molecule has 0 radical (unpaired) electrons. The Kier molecular flexibility index (Phi) is 52.0. The number of aliphatic hydroxyl groups is 1. The Morgan fingerprint density at radius 1 is 0.305 bits per heavy atom. The van der Waals surface area contributed by atoms with E-state index in [-0.39, 0.29) is 25.7 Å². The molecule has 0 saturated carbocycles. The van der Waals surface area contributed by atoms with E-state index in [4.69, 9.17) is 37.0 Å². The number of carbonyl (C=O) groups is 4. The number of esters is 4. The van der Waals surface area contributed by atoms with Crippen LogP contribution >= 0.6 is 15.6 Å². The number of hydrogen-bond donors (Lipinski definition) is 3. The predicted molar refractivity (Wildman–Crippen MR) is 326 cm³/mol. The van der Waals surface area contributed by atoms with Crippen LogP contribution in [0.1, 0.15) is 299 Å². The van der Waals surface area contributed by atoms with E-state index in [2.05, 4.69) is 55.4 Å². The zero-order valence-electron chi connectivity index (χ0n) is 53.1. The number of ether oxygens (including phenoxy) is 4. The highest BCUT2D eigenvalue weighted by Crippen LogP contribution is 2.45. The molecule has 0 aliphatic heterocycles. The summed E-state index contributed by atoms with van der Waals surface area (Å²) in [7, 11) is -9.89. The van der Waals surface area contributed by atoms with Gasteiger partial charge >= 0.3 is 39.5 Å². The molecule has 17 nitrogen and oxygen atoms in total. The van der Waals surface area contributed by atoms with Gasteiger partial charge in [0.25, 0.3) is 0 Å². The average molecular weight is 1210 g/mol. The Hall–Kier alpha value is -1.94. The van der Waals surface area contributed by atoms with Gasteiger partial charge in [-0.25, -0.2) is 9.13 Å². The summed E-state index contributed by atoms with van der Waals surface area (Å²) >= 11 is 0. The largest absolute Gasteiger partial charge is 0.472 e. The lowest BCUT2D eigenvalue weighted by Gasteiger charge is -2.21. The zero-order chi connectivity index (χ0) is 61.1. The lowest BCUT2D eigenvalue weighted by Crippen LogP contribution is -2.30. The van der Waals surface area contributed by atoms with E-state index < -0.39 is 97.5 Å². The van der Waals surface area contributed by atoms with Crippen molar-refractivity contribution in [2.75, 3.05) is 39.6 Å². The van der Waals surface area contributed by atoms with Gasteiger partial charge in [0.05, 0.1) is 26.4 Å². The summed E-state index contributed by atoms with van der Waals surface area (Å²) < 4.78 is 67.9. The number of hydrogen-bond acceptors (Lipinski definition) is 15. The van der Waals surface area contributed by atoms with Crippen LogP contribution in [0, 0.1) is 23.7 Å². The van der Waals surface area contributed by atoms with Crippen molar-refractivity contribution >= 4 is 39.5 Å². The number of phosphoric acid groups is 2. The van der Waals surface area contributed by atoms with E-state index in [9.17, 15) is 43.2 Å². The molecule has 3 N–H and O–H groups in total. The molecule has 0 aromatic heterocycles. The van der Waals surface area contributed by atoms with Crippen LogP contribution in [0.3, 0.4) is 0 Å².